The third-order valence-corrected chi connectivity index (χ3v) is 5.34. The van der Waals surface area contributed by atoms with Gasteiger partial charge in [-0.3, -0.25) is 4.79 Å². The van der Waals surface area contributed by atoms with Crippen LogP contribution in [0, 0.1) is 12.8 Å². The summed E-state index contributed by atoms with van der Waals surface area (Å²) in [6.45, 7) is 5.53. The number of hydrogen-bond acceptors (Lipinski definition) is 1. The van der Waals surface area contributed by atoms with Gasteiger partial charge in [0.25, 0.3) is 5.91 Å². The number of rotatable bonds is 3. The van der Waals surface area contributed by atoms with Gasteiger partial charge in [-0.2, -0.15) is 0 Å². The van der Waals surface area contributed by atoms with Crippen LogP contribution in [-0.2, 0) is 0 Å². The minimum atomic E-state index is 0.0935. The highest BCUT2D eigenvalue weighted by Crippen LogP contribution is 2.20. The molecule has 3 heteroatoms. The number of benzene rings is 1. The highest BCUT2D eigenvalue weighted by atomic mass is 16.1. The Kier molecular flexibility index (Phi) is 4.59. The molecule has 1 amide bonds. The number of amides is 1. The van der Waals surface area contributed by atoms with Crippen LogP contribution in [0.25, 0.3) is 0 Å². The van der Waals surface area contributed by atoms with Gasteiger partial charge in [0.05, 0.1) is 19.1 Å². The lowest BCUT2D eigenvalue weighted by Crippen LogP contribution is -3.18. The number of carbonyl (C=O) groups is 1. The van der Waals surface area contributed by atoms with Gasteiger partial charge in [0.2, 0.25) is 0 Å². The van der Waals surface area contributed by atoms with Crippen LogP contribution in [-0.4, -0.2) is 31.6 Å². The molecule has 2 aliphatic heterocycles. The van der Waals surface area contributed by atoms with Crippen molar-refractivity contribution < 1.29 is 9.69 Å². The second-order valence-corrected chi connectivity index (χ2v) is 6.69. The monoisotopic (exact) mass is 287 g/mol. The Labute approximate surface area is 127 Å². The van der Waals surface area contributed by atoms with Gasteiger partial charge in [-0.15, -0.1) is 0 Å². The highest BCUT2D eigenvalue weighted by Gasteiger charge is 2.36. The first-order valence-corrected chi connectivity index (χ1v) is 8.44. The lowest BCUT2D eigenvalue weighted by molar-refractivity contribution is -0.939. The Balaban J connectivity index is 1.59. The summed E-state index contributed by atoms with van der Waals surface area (Å²) < 4.78 is 0. The molecule has 0 aliphatic carbocycles. The molecule has 3 atom stereocenters. The van der Waals surface area contributed by atoms with Crippen molar-refractivity contribution in [2.75, 3.05) is 19.6 Å². The molecule has 2 heterocycles. The summed E-state index contributed by atoms with van der Waals surface area (Å²) in [5, 5.41) is 3.19. The van der Waals surface area contributed by atoms with Crippen molar-refractivity contribution in [2.24, 2.45) is 5.92 Å². The van der Waals surface area contributed by atoms with Crippen LogP contribution in [0.1, 0.15) is 48.0 Å². The average Bonchev–Trinajstić information content (AvgIpc) is 2.53. The number of aryl methyl sites for hydroxylation is 1. The summed E-state index contributed by atoms with van der Waals surface area (Å²) in [6, 6.07) is 8.63. The van der Waals surface area contributed by atoms with Crippen molar-refractivity contribution in [1.29, 1.82) is 0 Å². The van der Waals surface area contributed by atoms with E-state index in [-0.39, 0.29) is 5.91 Å². The Morgan fingerprint density at radius 2 is 2.00 bits per heavy atom. The molecule has 1 unspecified atom stereocenters. The predicted octanol–water partition coefficient (Wildman–Crippen LogP) is 1.57. The van der Waals surface area contributed by atoms with E-state index in [0.29, 0.717) is 5.92 Å². The number of nitrogens with one attached hydrogen (secondary N) is 2. The largest absolute Gasteiger partial charge is 0.352 e. The molecule has 114 valence electrons. The minimum absolute atomic E-state index is 0.0935. The SMILES string of the molecule is Cc1ccccc1C(=O)NC[C@@H]1CCC[NH+]2CCCC[C@@H]12. The number of carbonyl (C=O) groups excluding carboxylic acids is 1. The van der Waals surface area contributed by atoms with Crippen molar-refractivity contribution in [3.05, 3.63) is 35.4 Å². The van der Waals surface area contributed by atoms with E-state index in [0.717, 1.165) is 23.7 Å². The molecule has 2 fully saturated rings. The van der Waals surface area contributed by atoms with Crippen molar-refractivity contribution in [2.45, 2.75) is 45.1 Å². The summed E-state index contributed by atoms with van der Waals surface area (Å²) >= 11 is 0. The zero-order chi connectivity index (χ0) is 14.7. The van der Waals surface area contributed by atoms with Gasteiger partial charge in [0.1, 0.15) is 0 Å². The number of quaternary nitrogens is 1. The lowest BCUT2D eigenvalue weighted by atomic mass is 9.83. The van der Waals surface area contributed by atoms with Gasteiger partial charge in [0.15, 0.2) is 0 Å². The Morgan fingerprint density at radius 3 is 2.86 bits per heavy atom. The highest BCUT2D eigenvalue weighted by molar-refractivity contribution is 5.95. The molecule has 2 saturated heterocycles. The Hall–Kier alpha value is -1.35. The Morgan fingerprint density at radius 1 is 1.19 bits per heavy atom. The standard InChI is InChI=1S/C18H26N2O/c1-14-7-2-3-9-16(14)18(21)19-13-15-8-6-12-20-11-5-4-10-17(15)20/h2-3,7,9,15,17H,4-6,8,10-13H2,1H3,(H,19,21)/p+1/t15-,17-/m0/s1. The quantitative estimate of drug-likeness (QED) is 0.869. The molecule has 21 heavy (non-hydrogen) atoms. The molecule has 0 radical (unpaired) electrons. The summed E-state index contributed by atoms with van der Waals surface area (Å²) in [4.78, 5) is 14.1. The smallest absolute Gasteiger partial charge is 0.251 e. The summed E-state index contributed by atoms with van der Waals surface area (Å²) in [5.74, 6) is 0.762. The third kappa shape index (κ3) is 3.29. The lowest BCUT2D eigenvalue weighted by Gasteiger charge is -2.41. The second-order valence-electron chi connectivity index (χ2n) is 6.69. The van der Waals surface area contributed by atoms with E-state index in [1.54, 1.807) is 4.90 Å². The maximum Gasteiger partial charge on any atom is 0.251 e. The van der Waals surface area contributed by atoms with E-state index in [1.807, 2.05) is 31.2 Å². The minimum Gasteiger partial charge on any atom is -0.352 e. The van der Waals surface area contributed by atoms with Crippen molar-refractivity contribution in [3.8, 4) is 0 Å². The van der Waals surface area contributed by atoms with E-state index in [4.69, 9.17) is 0 Å². The van der Waals surface area contributed by atoms with Crippen LogP contribution in [0.15, 0.2) is 24.3 Å². The molecular formula is C18H27N2O+. The topological polar surface area (TPSA) is 33.5 Å². The molecule has 2 aliphatic rings. The third-order valence-electron chi connectivity index (χ3n) is 5.34. The predicted molar refractivity (Wildman–Crippen MR) is 84.6 cm³/mol. The van der Waals surface area contributed by atoms with E-state index in [2.05, 4.69) is 5.32 Å². The molecular weight excluding hydrogens is 260 g/mol. The maximum absolute atomic E-state index is 12.4. The molecule has 1 aromatic rings. The first-order chi connectivity index (χ1) is 10.3. The van der Waals surface area contributed by atoms with Crippen LogP contribution >= 0.6 is 0 Å². The van der Waals surface area contributed by atoms with Crippen molar-refractivity contribution >= 4 is 5.91 Å². The fraction of sp³-hybridized carbons (Fsp3) is 0.611. The van der Waals surface area contributed by atoms with Gasteiger partial charge in [-0.1, -0.05) is 18.2 Å². The summed E-state index contributed by atoms with van der Waals surface area (Å²) in [6.07, 6.45) is 6.70. The molecule has 1 aromatic carbocycles. The van der Waals surface area contributed by atoms with Crippen molar-refractivity contribution in [1.82, 2.24) is 5.32 Å². The van der Waals surface area contributed by atoms with Crippen molar-refractivity contribution in [3.63, 3.8) is 0 Å². The van der Waals surface area contributed by atoms with E-state index in [9.17, 15) is 4.79 Å². The average molecular weight is 287 g/mol. The molecule has 0 spiro atoms. The maximum atomic E-state index is 12.4. The zero-order valence-corrected chi connectivity index (χ0v) is 13.0. The van der Waals surface area contributed by atoms with Crippen LogP contribution in [0.2, 0.25) is 0 Å². The molecule has 3 rings (SSSR count). The van der Waals surface area contributed by atoms with E-state index in [1.165, 1.54) is 45.2 Å². The first-order valence-electron chi connectivity index (χ1n) is 8.44. The second kappa shape index (κ2) is 6.61. The summed E-state index contributed by atoms with van der Waals surface area (Å²) in [5.41, 5.74) is 1.88. The van der Waals surface area contributed by atoms with Crippen LogP contribution in [0.4, 0.5) is 0 Å². The molecule has 0 bridgehead atoms. The normalized spacial score (nSPS) is 28.7. The fourth-order valence-electron chi connectivity index (χ4n) is 4.17. The molecule has 3 nitrogen and oxygen atoms in total. The van der Waals surface area contributed by atoms with Crippen LogP contribution in [0.3, 0.4) is 0 Å². The van der Waals surface area contributed by atoms with E-state index >= 15 is 0 Å². The molecule has 0 saturated carbocycles. The number of hydrogen-bond donors (Lipinski definition) is 2. The van der Waals surface area contributed by atoms with Gasteiger partial charge in [-0.05, 0) is 50.7 Å². The van der Waals surface area contributed by atoms with Gasteiger partial charge < -0.3 is 10.2 Å². The fourth-order valence-corrected chi connectivity index (χ4v) is 4.17. The van der Waals surface area contributed by atoms with Gasteiger partial charge >= 0.3 is 0 Å². The summed E-state index contributed by atoms with van der Waals surface area (Å²) in [7, 11) is 0. The van der Waals surface area contributed by atoms with Crippen LogP contribution in [0.5, 0.6) is 0 Å². The van der Waals surface area contributed by atoms with Gasteiger partial charge in [0, 0.05) is 18.0 Å². The molecule has 0 aromatic heterocycles. The Bertz CT molecular complexity index is 498. The molecule has 2 N–H and O–H groups in total. The van der Waals surface area contributed by atoms with Crippen LogP contribution < -0.4 is 10.2 Å². The van der Waals surface area contributed by atoms with E-state index < -0.39 is 0 Å². The zero-order valence-electron chi connectivity index (χ0n) is 13.0. The number of piperidine rings is 2. The number of fused-ring (bicyclic) bond motifs is 1. The first kappa shape index (κ1) is 14.6. The van der Waals surface area contributed by atoms with Gasteiger partial charge in [-0.25, -0.2) is 0 Å².